The zero-order valence-corrected chi connectivity index (χ0v) is 16.7. The molecule has 0 saturated heterocycles. The smallest absolute Gasteiger partial charge is 0.314 e. The Bertz CT molecular complexity index is 1350. The highest BCUT2D eigenvalue weighted by molar-refractivity contribution is 6.16. The van der Waals surface area contributed by atoms with Gasteiger partial charge in [-0.25, -0.2) is 0 Å². The molecule has 1 aliphatic heterocycles. The van der Waals surface area contributed by atoms with Crippen LogP contribution in [0.3, 0.4) is 0 Å². The average molecular weight is 435 g/mol. The number of benzene rings is 2. The van der Waals surface area contributed by atoms with Gasteiger partial charge in [-0.1, -0.05) is 36.4 Å². The van der Waals surface area contributed by atoms with Crippen LogP contribution >= 0.6 is 0 Å². The number of carbonyl (C=O) groups is 2. The number of amides is 1. The fourth-order valence-electron chi connectivity index (χ4n) is 3.63. The topological polar surface area (TPSA) is 94.1 Å². The summed E-state index contributed by atoms with van der Waals surface area (Å²) in [6.45, 7) is 0.215. The number of halogens is 2. The fraction of sp³-hybridized carbons (Fsp3) is 0.136. The third-order valence-electron chi connectivity index (χ3n) is 5.13. The van der Waals surface area contributed by atoms with Crippen LogP contribution in [0.4, 0.5) is 14.6 Å². The first-order valence-electron chi connectivity index (χ1n) is 9.62. The molecule has 32 heavy (non-hydrogen) atoms. The normalized spacial score (nSPS) is 13.1. The zero-order valence-electron chi connectivity index (χ0n) is 16.7. The molecule has 160 valence electrons. The Hall–Kier alpha value is -4.21. The van der Waals surface area contributed by atoms with Crippen LogP contribution in [-0.2, 0) is 13.6 Å². The van der Waals surface area contributed by atoms with Crippen LogP contribution in [0.5, 0.6) is 0 Å². The lowest BCUT2D eigenvalue weighted by Gasteiger charge is -2.14. The number of hydrogen-bond acceptors (Lipinski definition) is 6. The molecule has 0 saturated carbocycles. The Morgan fingerprint density at radius 1 is 1.12 bits per heavy atom. The number of carbonyl (C=O) groups excluding carboxylic acids is 2. The van der Waals surface area contributed by atoms with Crippen molar-refractivity contribution in [2.75, 3.05) is 4.90 Å². The highest BCUT2D eigenvalue weighted by Gasteiger charge is 2.34. The van der Waals surface area contributed by atoms with Gasteiger partial charge < -0.3 is 4.42 Å². The lowest BCUT2D eigenvalue weighted by molar-refractivity contribution is 0.0995. The molecule has 0 N–H and O–H groups in total. The van der Waals surface area contributed by atoms with Crippen LogP contribution < -0.4 is 4.90 Å². The maximum Gasteiger partial charge on any atom is 0.314 e. The van der Waals surface area contributed by atoms with Crippen molar-refractivity contribution in [2.24, 2.45) is 7.05 Å². The van der Waals surface area contributed by atoms with Crippen LogP contribution in [0.15, 0.2) is 59.1 Å². The number of hydrogen-bond donors (Lipinski definition) is 0. The summed E-state index contributed by atoms with van der Waals surface area (Å²) in [5.41, 5.74) is 2.19. The van der Waals surface area contributed by atoms with Crippen molar-refractivity contribution < 1.29 is 22.8 Å². The summed E-state index contributed by atoms with van der Waals surface area (Å²) >= 11 is 0. The molecule has 0 spiro atoms. The Balaban J connectivity index is 1.49. The summed E-state index contributed by atoms with van der Waals surface area (Å²) in [5, 5.41) is 11.3. The Labute approximate surface area is 180 Å². The van der Waals surface area contributed by atoms with Crippen molar-refractivity contribution in [3.63, 3.8) is 0 Å². The molecule has 0 radical (unpaired) electrons. The Morgan fingerprint density at radius 3 is 2.62 bits per heavy atom. The van der Waals surface area contributed by atoms with E-state index in [-0.39, 0.29) is 29.9 Å². The summed E-state index contributed by atoms with van der Waals surface area (Å²) in [4.78, 5) is 27.6. The van der Waals surface area contributed by atoms with E-state index in [0.29, 0.717) is 27.8 Å². The Kier molecular flexibility index (Phi) is 4.62. The molecule has 3 heterocycles. The maximum absolute atomic E-state index is 13.2. The predicted octanol–water partition coefficient (Wildman–Crippen LogP) is 3.80. The predicted molar refractivity (Wildman–Crippen MR) is 108 cm³/mol. The number of rotatable bonds is 5. The molecule has 0 bridgehead atoms. The summed E-state index contributed by atoms with van der Waals surface area (Å²) < 4.78 is 32.0. The summed E-state index contributed by atoms with van der Waals surface area (Å²) in [5.74, 6) is -1.25. The molecule has 1 amide bonds. The number of nitrogens with zero attached hydrogens (tertiary/aromatic N) is 5. The van der Waals surface area contributed by atoms with Gasteiger partial charge >= 0.3 is 6.43 Å². The fourth-order valence-corrected chi connectivity index (χ4v) is 3.63. The van der Waals surface area contributed by atoms with Gasteiger partial charge in [-0.15, -0.1) is 10.2 Å². The third kappa shape index (κ3) is 3.25. The minimum atomic E-state index is -2.88. The van der Waals surface area contributed by atoms with Crippen LogP contribution in [0.1, 0.15) is 44.2 Å². The monoisotopic (exact) mass is 435 g/mol. The summed E-state index contributed by atoms with van der Waals surface area (Å²) in [6, 6.07) is 13.6. The van der Waals surface area contributed by atoms with Gasteiger partial charge in [0.15, 0.2) is 11.6 Å². The van der Waals surface area contributed by atoms with Crippen LogP contribution in [0, 0.1) is 0 Å². The summed E-state index contributed by atoms with van der Waals surface area (Å²) in [7, 11) is 1.67. The first-order valence-corrected chi connectivity index (χ1v) is 9.62. The van der Waals surface area contributed by atoms with Crippen LogP contribution in [-0.4, -0.2) is 31.7 Å². The second-order valence-corrected chi connectivity index (χ2v) is 7.24. The molecular weight excluding hydrogens is 420 g/mol. The van der Waals surface area contributed by atoms with Gasteiger partial charge in [-0.2, -0.15) is 13.9 Å². The molecular formula is C22H15F2N5O3. The van der Waals surface area contributed by atoms with Crippen molar-refractivity contribution >= 4 is 17.5 Å². The van der Waals surface area contributed by atoms with E-state index in [1.807, 2.05) is 6.07 Å². The van der Waals surface area contributed by atoms with Gasteiger partial charge in [0, 0.05) is 29.9 Å². The molecule has 4 aromatic rings. The number of fused-ring (bicyclic) bond motifs is 1. The number of aryl methyl sites for hydroxylation is 1. The molecule has 0 atom stereocenters. The van der Waals surface area contributed by atoms with Gasteiger partial charge in [0.05, 0.1) is 12.1 Å². The minimum absolute atomic E-state index is 0.105. The van der Waals surface area contributed by atoms with E-state index < -0.39 is 12.3 Å². The third-order valence-corrected chi connectivity index (χ3v) is 5.13. The van der Waals surface area contributed by atoms with E-state index in [1.54, 1.807) is 49.6 Å². The maximum atomic E-state index is 13.2. The highest BCUT2D eigenvalue weighted by Crippen LogP contribution is 2.33. The minimum Gasteiger partial charge on any atom is -0.415 e. The van der Waals surface area contributed by atoms with Gasteiger partial charge in [0.25, 0.3) is 11.8 Å². The zero-order chi connectivity index (χ0) is 22.4. The molecule has 2 aromatic heterocycles. The lowest BCUT2D eigenvalue weighted by atomic mass is 10.1. The van der Waals surface area contributed by atoms with Crippen molar-refractivity contribution in [2.45, 2.75) is 13.0 Å². The van der Waals surface area contributed by atoms with E-state index in [4.69, 9.17) is 4.42 Å². The van der Waals surface area contributed by atoms with E-state index in [9.17, 15) is 18.4 Å². The lowest BCUT2D eigenvalue weighted by Crippen LogP contribution is -2.25. The SMILES string of the molecule is Cn1cc(C(=O)c2ccccc2)c(N2Cc3ccc(-c4nnc(C(F)F)o4)cc3C2=O)n1. The van der Waals surface area contributed by atoms with Gasteiger partial charge in [-0.05, 0) is 17.7 Å². The van der Waals surface area contributed by atoms with E-state index in [1.165, 1.54) is 15.6 Å². The molecule has 0 fully saturated rings. The number of aromatic nitrogens is 4. The second kappa shape index (κ2) is 7.49. The van der Waals surface area contributed by atoms with Crippen molar-refractivity contribution in [3.8, 4) is 11.5 Å². The second-order valence-electron chi connectivity index (χ2n) is 7.24. The molecule has 0 unspecified atom stereocenters. The molecule has 0 aliphatic carbocycles. The largest absolute Gasteiger partial charge is 0.415 e. The number of ketones is 1. The molecule has 5 rings (SSSR count). The quantitative estimate of drug-likeness (QED) is 0.443. The van der Waals surface area contributed by atoms with E-state index in [2.05, 4.69) is 15.3 Å². The van der Waals surface area contributed by atoms with Crippen LogP contribution in [0.2, 0.25) is 0 Å². The van der Waals surface area contributed by atoms with Crippen molar-refractivity contribution in [1.82, 2.24) is 20.0 Å². The number of alkyl halides is 2. The van der Waals surface area contributed by atoms with Crippen molar-refractivity contribution in [3.05, 3.63) is 82.9 Å². The molecule has 10 heteroatoms. The van der Waals surface area contributed by atoms with Crippen molar-refractivity contribution in [1.29, 1.82) is 0 Å². The standard InChI is InChI=1S/C22H15F2N5O3/c1-28-11-16(17(30)12-5-3-2-4-6-12)19(27-28)29-10-14-8-7-13(9-15(14)22(29)31)20-25-26-21(32-20)18(23)24/h2-9,11,18H,10H2,1H3. The van der Waals surface area contributed by atoms with Crippen LogP contribution in [0.25, 0.3) is 11.5 Å². The van der Waals surface area contributed by atoms with E-state index >= 15 is 0 Å². The van der Waals surface area contributed by atoms with Gasteiger partial charge in [0.2, 0.25) is 5.89 Å². The first-order chi connectivity index (χ1) is 15.4. The molecule has 8 nitrogen and oxygen atoms in total. The molecule has 2 aromatic carbocycles. The average Bonchev–Trinajstić information content (AvgIpc) is 3.51. The Morgan fingerprint density at radius 2 is 1.91 bits per heavy atom. The first kappa shape index (κ1) is 19.7. The summed E-state index contributed by atoms with van der Waals surface area (Å²) in [6.07, 6.45) is -1.30. The number of anilines is 1. The molecule has 1 aliphatic rings. The highest BCUT2D eigenvalue weighted by atomic mass is 19.3. The van der Waals surface area contributed by atoms with Gasteiger partial charge in [0.1, 0.15) is 0 Å². The van der Waals surface area contributed by atoms with Gasteiger partial charge in [-0.3, -0.25) is 19.2 Å². The van der Waals surface area contributed by atoms with E-state index in [0.717, 1.165) is 0 Å².